The summed E-state index contributed by atoms with van der Waals surface area (Å²) in [5.41, 5.74) is 0.538. The molecule has 1 N–H and O–H groups in total. The van der Waals surface area contributed by atoms with Crippen molar-refractivity contribution in [2.75, 3.05) is 46.7 Å². The average Bonchev–Trinajstić information content (AvgIpc) is 2.69. The Kier molecular flexibility index (Phi) is 8.49. The van der Waals surface area contributed by atoms with E-state index in [4.69, 9.17) is 9.47 Å². The molecule has 0 aromatic heterocycles. The standard InChI is InChI=1S/C20H30N2O7S2/c1-15-12-22(16(2)14-23)31(26,27)20-9-8-17(7-6-10-28-4)11-18(20)29-19(15)13-21(3)30(5,24)25/h8-9,11,15-16,19,23H,10,12-14H2,1-5H3/t15-,16+,19+/m0/s1. The van der Waals surface area contributed by atoms with E-state index in [1.54, 1.807) is 19.9 Å². The van der Waals surface area contributed by atoms with Crippen LogP contribution in [-0.2, 0) is 24.8 Å². The molecule has 31 heavy (non-hydrogen) atoms. The number of methoxy groups -OCH3 is 1. The molecule has 9 nitrogen and oxygen atoms in total. The average molecular weight is 475 g/mol. The van der Waals surface area contributed by atoms with E-state index >= 15 is 0 Å². The molecule has 1 aromatic carbocycles. The van der Waals surface area contributed by atoms with Gasteiger partial charge in [-0.1, -0.05) is 18.8 Å². The summed E-state index contributed by atoms with van der Waals surface area (Å²) in [6.45, 7) is 3.39. The van der Waals surface area contributed by atoms with Crippen LogP contribution in [0, 0.1) is 17.8 Å². The Morgan fingerprint density at radius 1 is 1.42 bits per heavy atom. The van der Waals surface area contributed by atoms with E-state index in [2.05, 4.69) is 11.8 Å². The summed E-state index contributed by atoms with van der Waals surface area (Å²) in [7, 11) is -4.46. The summed E-state index contributed by atoms with van der Waals surface area (Å²) >= 11 is 0. The van der Waals surface area contributed by atoms with Gasteiger partial charge in [0.05, 0.1) is 19.4 Å². The van der Waals surface area contributed by atoms with Crippen molar-refractivity contribution >= 4 is 20.0 Å². The number of sulfonamides is 2. The summed E-state index contributed by atoms with van der Waals surface area (Å²) < 4.78 is 64.0. The lowest BCUT2D eigenvalue weighted by Gasteiger charge is -2.37. The Labute approximate surface area is 185 Å². The van der Waals surface area contributed by atoms with Gasteiger partial charge in [-0.05, 0) is 25.1 Å². The van der Waals surface area contributed by atoms with E-state index in [0.717, 1.165) is 6.26 Å². The number of ether oxygens (including phenoxy) is 2. The largest absolute Gasteiger partial charge is 0.487 e. The molecular formula is C20H30N2O7S2. The quantitative estimate of drug-likeness (QED) is 0.592. The summed E-state index contributed by atoms with van der Waals surface area (Å²) in [5, 5.41) is 9.64. The second-order valence-electron chi connectivity index (χ2n) is 7.68. The zero-order chi connectivity index (χ0) is 23.4. The molecule has 0 unspecified atom stereocenters. The fourth-order valence-electron chi connectivity index (χ4n) is 3.12. The van der Waals surface area contributed by atoms with Gasteiger partial charge in [0.15, 0.2) is 0 Å². The van der Waals surface area contributed by atoms with Crippen LogP contribution in [0.1, 0.15) is 19.4 Å². The van der Waals surface area contributed by atoms with E-state index in [1.165, 1.54) is 34.9 Å². The smallest absolute Gasteiger partial charge is 0.247 e. The van der Waals surface area contributed by atoms with E-state index in [9.17, 15) is 21.9 Å². The number of hydrogen-bond acceptors (Lipinski definition) is 7. The van der Waals surface area contributed by atoms with Gasteiger partial charge in [0.2, 0.25) is 20.0 Å². The molecule has 0 saturated heterocycles. The van der Waals surface area contributed by atoms with E-state index in [1.807, 2.05) is 0 Å². The zero-order valence-corrected chi connectivity index (χ0v) is 20.0. The van der Waals surface area contributed by atoms with Crippen molar-refractivity contribution in [2.45, 2.75) is 30.9 Å². The van der Waals surface area contributed by atoms with Crippen molar-refractivity contribution in [3.8, 4) is 17.6 Å². The molecule has 0 saturated carbocycles. The summed E-state index contributed by atoms with van der Waals surface area (Å²) in [6, 6.07) is 3.87. The number of rotatable bonds is 6. The van der Waals surface area contributed by atoms with Crippen molar-refractivity contribution in [1.29, 1.82) is 0 Å². The van der Waals surface area contributed by atoms with Gasteiger partial charge in [0.1, 0.15) is 23.4 Å². The molecule has 0 amide bonds. The van der Waals surface area contributed by atoms with Crippen LogP contribution < -0.4 is 4.74 Å². The SMILES string of the molecule is COCC#Cc1ccc2c(c1)O[C@H](CN(C)S(C)(=O)=O)[C@@H](C)CN([C@H](C)CO)S2(=O)=O. The van der Waals surface area contributed by atoms with Gasteiger partial charge in [-0.15, -0.1) is 0 Å². The van der Waals surface area contributed by atoms with Crippen LogP contribution in [0.25, 0.3) is 0 Å². The van der Waals surface area contributed by atoms with Crippen molar-refractivity contribution in [1.82, 2.24) is 8.61 Å². The second kappa shape index (κ2) is 10.3. The van der Waals surface area contributed by atoms with E-state index < -0.39 is 32.2 Å². The molecule has 0 spiro atoms. The molecule has 0 fully saturated rings. The molecule has 0 aliphatic carbocycles. The van der Waals surface area contributed by atoms with Crippen molar-refractivity contribution in [3.05, 3.63) is 23.8 Å². The number of nitrogens with zero attached hydrogens (tertiary/aromatic N) is 2. The molecule has 1 aliphatic heterocycles. The highest BCUT2D eigenvalue weighted by Crippen LogP contribution is 2.34. The number of benzene rings is 1. The maximum Gasteiger partial charge on any atom is 0.247 e. The minimum Gasteiger partial charge on any atom is -0.487 e. The van der Waals surface area contributed by atoms with Crippen LogP contribution in [0.2, 0.25) is 0 Å². The maximum absolute atomic E-state index is 13.4. The highest BCUT2D eigenvalue weighted by molar-refractivity contribution is 7.89. The monoisotopic (exact) mass is 474 g/mol. The minimum absolute atomic E-state index is 0.0421. The summed E-state index contributed by atoms with van der Waals surface area (Å²) in [4.78, 5) is -0.0519. The van der Waals surface area contributed by atoms with Gasteiger partial charge < -0.3 is 14.6 Å². The highest BCUT2D eigenvalue weighted by Gasteiger charge is 2.38. The zero-order valence-electron chi connectivity index (χ0n) is 18.4. The van der Waals surface area contributed by atoms with E-state index in [0.29, 0.717) is 5.56 Å². The third kappa shape index (κ3) is 6.19. The molecule has 1 aromatic rings. The fraction of sp³-hybridized carbons (Fsp3) is 0.600. The molecule has 0 radical (unpaired) electrons. The lowest BCUT2D eigenvalue weighted by Crippen LogP contribution is -2.50. The van der Waals surface area contributed by atoms with Crippen molar-refractivity contribution < 1.29 is 31.4 Å². The normalized spacial score (nSPS) is 22.4. The number of hydrogen-bond donors (Lipinski definition) is 1. The predicted octanol–water partition coefficient (Wildman–Crippen LogP) is 0.345. The first-order valence-electron chi connectivity index (χ1n) is 9.74. The van der Waals surface area contributed by atoms with Gasteiger partial charge in [-0.25, -0.2) is 21.1 Å². The first kappa shape index (κ1) is 25.6. The Morgan fingerprint density at radius 2 is 2.10 bits per heavy atom. The maximum atomic E-state index is 13.4. The predicted molar refractivity (Wildman–Crippen MR) is 117 cm³/mol. The number of likely N-dealkylation sites (N-methyl/N-ethyl adjacent to an activating group) is 1. The minimum atomic E-state index is -3.97. The number of aliphatic hydroxyl groups excluding tert-OH is 1. The molecule has 1 aliphatic rings. The molecule has 1 heterocycles. The molecule has 11 heteroatoms. The first-order chi connectivity index (χ1) is 14.4. The Bertz CT molecular complexity index is 1050. The third-order valence-electron chi connectivity index (χ3n) is 5.12. The van der Waals surface area contributed by atoms with Crippen LogP contribution in [0.15, 0.2) is 23.1 Å². The van der Waals surface area contributed by atoms with Gasteiger partial charge >= 0.3 is 0 Å². The third-order valence-corrected chi connectivity index (χ3v) is 8.42. The Hall–Kier alpha value is -1.68. The molecule has 0 bridgehead atoms. The highest BCUT2D eigenvalue weighted by atomic mass is 32.2. The van der Waals surface area contributed by atoms with Crippen LogP contribution in [-0.4, -0.2) is 89.4 Å². The Morgan fingerprint density at radius 3 is 2.68 bits per heavy atom. The van der Waals surface area contributed by atoms with Gasteiger partial charge in [0.25, 0.3) is 0 Å². The lowest BCUT2D eigenvalue weighted by molar-refractivity contribution is 0.0905. The number of aliphatic hydroxyl groups is 1. The molecule has 174 valence electrons. The van der Waals surface area contributed by atoms with Crippen molar-refractivity contribution in [3.63, 3.8) is 0 Å². The van der Waals surface area contributed by atoms with Crippen LogP contribution in [0.5, 0.6) is 5.75 Å². The van der Waals surface area contributed by atoms with Crippen LogP contribution in [0.4, 0.5) is 0 Å². The summed E-state index contributed by atoms with van der Waals surface area (Å²) in [5.74, 6) is 5.43. The molecule has 3 atom stereocenters. The van der Waals surface area contributed by atoms with Crippen molar-refractivity contribution in [2.24, 2.45) is 5.92 Å². The van der Waals surface area contributed by atoms with Gasteiger partial charge in [0, 0.05) is 38.2 Å². The summed E-state index contributed by atoms with van der Waals surface area (Å²) in [6.07, 6.45) is 0.479. The molecule has 2 rings (SSSR count). The fourth-order valence-corrected chi connectivity index (χ4v) is 5.36. The van der Waals surface area contributed by atoms with Crippen LogP contribution >= 0.6 is 0 Å². The van der Waals surface area contributed by atoms with Gasteiger partial charge in [-0.2, -0.15) is 4.31 Å². The number of fused-ring (bicyclic) bond motifs is 1. The topological polar surface area (TPSA) is 113 Å². The van der Waals surface area contributed by atoms with E-state index in [-0.39, 0.29) is 42.9 Å². The molecular weight excluding hydrogens is 444 g/mol. The first-order valence-corrected chi connectivity index (χ1v) is 13.0. The van der Waals surface area contributed by atoms with Gasteiger partial charge in [-0.3, -0.25) is 0 Å². The van der Waals surface area contributed by atoms with Crippen LogP contribution in [0.3, 0.4) is 0 Å². The Balaban J connectivity index is 2.59. The lowest BCUT2D eigenvalue weighted by atomic mass is 10.0. The second-order valence-corrected chi connectivity index (χ2v) is 11.6.